The molecule has 1 aromatic carbocycles. The highest BCUT2D eigenvalue weighted by molar-refractivity contribution is 7.16. The third-order valence-electron chi connectivity index (χ3n) is 3.62. The van der Waals surface area contributed by atoms with Crippen LogP contribution in [0.25, 0.3) is 0 Å². The Kier molecular flexibility index (Phi) is 3.75. The molecule has 1 nitrogen and oxygen atoms in total. The number of para-hydroxylation sites is 1. The van der Waals surface area contributed by atoms with Crippen molar-refractivity contribution in [3.05, 3.63) is 70.8 Å². The zero-order chi connectivity index (χ0) is 13.9. The van der Waals surface area contributed by atoms with Gasteiger partial charge in [0.2, 0.25) is 0 Å². The average Bonchev–Trinajstić information content (AvgIpc) is 2.81. The Hall–Kier alpha value is -1.80. The maximum atomic E-state index is 2.36. The molecule has 20 heavy (non-hydrogen) atoms. The average molecular weight is 281 g/mol. The second-order valence-electron chi connectivity index (χ2n) is 5.10. The highest BCUT2D eigenvalue weighted by atomic mass is 32.1. The van der Waals surface area contributed by atoms with Gasteiger partial charge in [-0.1, -0.05) is 30.4 Å². The maximum Gasteiger partial charge on any atom is 0.100 e. The Morgan fingerprint density at radius 2 is 1.85 bits per heavy atom. The van der Waals surface area contributed by atoms with Crippen molar-refractivity contribution in [3.63, 3.8) is 0 Å². The van der Waals surface area contributed by atoms with Crippen LogP contribution in [0.5, 0.6) is 0 Å². The first-order valence-corrected chi connectivity index (χ1v) is 7.86. The number of rotatable bonds is 3. The van der Waals surface area contributed by atoms with Crippen molar-refractivity contribution in [2.75, 3.05) is 4.90 Å². The molecule has 1 aliphatic carbocycles. The molecule has 0 unspecified atom stereocenters. The van der Waals surface area contributed by atoms with E-state index in [0.717, 1.165) is 12.8 Å². The summed E-state index contributed by atoms with van der Waals surface area (Å²) in [4.78, 5) is 3.75. The van der Waals surface area contributed by atoms with Crippen molar-refractivity contribution < 1.29 is 0 Å². The van der Waals surface area contributed by atoms with Gasteiger partial charge >= 0.3 is 0 Å². The highest BCUT2D eigenvalue weighted by Gasteiger charge is 2.16. The van der Waals surface area contributed by atoms with Crippen LogP contribution in [0.3, 0.4) is 0 Å². The minimum atomic E-state index is 1.12. The summed E-state index contributed by atoms with van der Waals surface area (Å²) in [5, 5.41) is 1.30. The van der Waals surface area contributed by atoms with Gasteiger partial charge in [0.15, 0.2) is 0 Å². The molecule has 0 spiro atoms. The van der Waals surface area contributed by atoms with E-state index in [9.17, 15) is 0 Å². The van der Waals surface area contributed by atoms with Crippen LogP contribution < -0.4 is 4.90 Å². The molecule has 1 aliphatic rings. The van der Waals surface area contributed by atoms with Gasteiger partial charge in [-0.05, 0) is 56.5 Å². The quantitative estimate of drug-likeness (QED) is 0.693. The van der Waals surface area contributed by atoms with Gasteiger partial charge in [-0.3, -0.25) is 0 Å². The van der Waals surface area contributed by atoms with Gasteiger partial charge in [0.25, 0.3) is 0 Å². The molecule has 1 aromatic heterocycles. The third kappa shape index (κ3) is 2.56. The van der Waals surface area contributed by atoms with Crippen LogP contribution in [0.1, 0.15) is 23.3 Å². The SMILES string of the molecule is Cc1cc(N(C2=CCCC=C2)c2ccccc2)sc1C. The fourth-order valence-corrected chi connectivity index (χ4v) is 3.48. The lowest BCUT2D eigenvalue weighted by Crippen LogP contribution is -2.14. The zero-order valence-electron chi connectivity index (χ0n) is 12.0. The Morgan fingerprint density at radius 1 is 1.05 bits per heavy atom. The summed E-state index contributed by atoms with van der Waals surface area (Å²) < 4.78 is 0. The molecule has 2 aromatic rings. The smallest absolute Gasteiger partial charge is 0.100 e. The Morgan fingerprint density at radius 3 is 2.45 bits per heavy atom. The lowest BCUT2D eigenvalue weighted by atomic mass is 10.1. The fraction of sp³-hybridized carbons (Fsp3) is 0.222. The summed E-state index contributed by atoms with van der Waals surface area (Å²) in [5.74, 6) is 0. The predicted molar refractivity (Wildman–Crippen MR) is 88.8 cm³/mol. The monoisotopic (exact) mass is 281 g/mol. The molecule has 3 rings (SSSR count). The minimum Gasteiger partial charge on any atom is -0.302 e. The van der Waals surface area contributed by atoms with Crippen LogP contribution >= 0.6 is 11.3 Å². The van der Waals surface area contributed by atoms with Gasteiger partial charge in [0.1, 0.15) is 5.00 Å². The molecule has 0 aliphatic heterocycles. The molecule has 0 N–H and O–H groups in total. The first kappa shape index (κ1) is 13.2. The Labute approximate surface area is 124 Å². The number of anilines is 2. The van der Waals surface area contributed by atoms with Crippen LogP contribution in [0, 0.1) is 13.8 Å². The topological polar surface area (TPSA) is 3.24 Å². The zero-order valence-corrected chi connectivity index (χ0v) is 12.8. The van der Waals surface area contributed by atoms with Crippen molar-refractivity contribution in [2.45, 2.75) is 26.7 Å². The second-order valence-corrected chi connectivity index (χ2v) is 6.34. The molecule has 0 saturated carbocycles. The molecule has 1 heterocycles. The molecule has 0 atom stereocenters. The minimum absolute atomic E-state index is 1.12. The molecule has 102 valence electrons. The number of hydrogen-bond acceptors (Lipinski definition) is 2. The van der Waals surface area contributed by atoms with E-state index in [2.05, 4.69) is 73.4 Å². The van der Waals surface area contributed by atoms with Crippen molar-refractivity contribution in [3.8, 4) is 0 Å². The van der Waals surface area contributed by atoms with Crippen LogP contribution in [0.2, 0.25) is 0 Å². The van der Waals surface area contributed by atoms with E-state index < -0.39 is 0 Å². The summed E-state index contributed by atoms with van der Waals surface area (Å²) >= 11 is 1.86. The van der Waals surface area contributed by atoms with E-state index in [4.69, 9.17) is 0 Å². The van der Waals surface area contributed by atoms with Crippen molar-refractivity contribution in [1.29, 1.82) is 0 Å². The molecule has 0 bridgehead atoms. The standard InChI is InChI=1S/C18H19NS/c1-14-13-18(20-15(14)2)19(16-9-5-3-6-10-16)17-11-7-4-8-12-17/h3,5-7,9-13H,4,8H2,1-2H3. The first-order chi connectivity index (χ1) is 9.75. The number of thiophene rings is 1. The van der Waals surface area contributed by atoms with Crippen LogP contribution in [-0.4, -0.2) is 0 Å². The molecule has 2 heteroatoms. The van der Waals surface area contributed by atoms with Gasteiger partial charge in [0, 0.05) is 16.3 Å². The van der Waals surface area contributed by atoms with Gasteiger partial charge in [-0.15, -0.1) is 11.3 Å². The summed E-state index contributed by atoms with van der Waals surface area (Å²) in [5.41, 5.74) is 3.88. The first-order valence-electron chi connectivity index (χ1n) is 7.04. The molecule has 0 amide bonds. The number of allylic oxidation sites excluding steroid dienone is 3. The van der Waals surface area contributed by atoms with Gasteiger partial charge in [-0.2, -0.15) is 0 Å². The molecule has 0 radical (unpaired) electrons. The van der Waals surface area contributed by atoms with E-state index in [-0.39, 0.29) is 0 Å². The van der Waals surface area contributed by atoms with Crippen LogP contribution in [0.15, 0.2) is 60.3 Å². The van der Waals surface area contributed by atoms with E-state index in [0.29, 0.717) is 0 Å². The van der Waals surface area contributed by atoms with Gasteiger partial charge < -0.3 is 4.90 Å². The summed E-state index contributed by atoms with van der Waals surface area (Å²) in [6.45, 7) is 4.38. The van der Waals surface area contributed by atoms with E-state index in [1.165, 1.54) is 26.8 Å². The number of nitrogens with zero attached hydrogens (tertiary/aromatic N) is 1. The lowest BCUT2D eigenvalue weighted by Gasteiger charge is -2.25. The Balaban J connectivity index is 2.08. The normalized spacial score (nSPS) is 14.2. The molecule has 0 saturated heterocycles. The number of hydrogen-bond donors (Lipinski definition) is 0. The van der Waals surface area contributed by atoms with Crippen LogP contribution in [0.4, 0.5) is 10.7 Å². The molecular formula is C18H19NS. The van der Waals surface area contributed by atoms with Crippen molar-refractivity contribution in [1.82, 2.24) is 0 Å². The maximum absolute atomic E-state index is 2.36. The van der Waals surface area contributed by atoms with E-state index in [1.54, 1.807) is 0 Å². The second kappa shape index (κ2) is 5.68. The molecular weight excluding hydrogens is 262 g/mol. The predicted octanol–water partition coefficient (Wildman–Crippen LogP) is 5.74. The molecule has 0 fully saturated rings. The summed E-state index contributed by atoms with van der Waals surface area (Å²) in [6.07, 6.45) is 9.10. The number of aryl methyl sites for hydroxylation is 2. The lowest BCUT2D eigenvalue weighted by molar-refractivity contribution is 0.999. The van der Waals surface area contributed by atoms with Crippen molar-refractivity contribution >= 4 is 22.0 Å². The Bertz CT molecular complexity index is 630. The van der Waals surface area contributed by atoms with Gasteiger partial charge in [-0.25, -0.2) is 0 Å². The summed E-state index contributed by atoms with van der Waals surface area (Å²) in [6, 6.07) is 12.9. The number of benzene rings is 1. The summed E-state index contributed by atoms with van der Waals surface area (Å²) in [7, 11) is 0. The van der Waals surface area contributed by atoms with E-state index >= 15 is 0 Å². The van der Waals surface area contributed by atoms with Crippen molar-refractivity contribution in [2.24, 2.45) is 0 Å². The fourth-order valence-electron chi connectivity index (χ4n) is 2.41. The van der Waals surface area contributed by atoms with Crippen LogP contribution in [-0.2, 0) is 0 Å². The van der Waals surface area contributed by atoms with E-state index in [1.807, 2.05) is 11.3 Å². The highest BCUT2D eigenvalue weighted by Crippen LogP contribution is 2.38. The van der Waals surface area contributed by atoms with Gasteiger partial charge in [0.05, 0.1) is 0 Å². The third-order valence-corrected chi connectivity index (χ3v) is 4.76. The largest absolute Gasteiger partial charge is 0.302 e.